The molecule has 0 unspecified atom stereocenters. The highest BCUT2D eigenvalue weighted by Crippen LogP contribution is 2.34. The fourth-order valence-corrected chi connectivity index (χ4v) is 5.57. The van der Waals surface area contributed by atoms with Gasteiger partial charge in [0, 0.05) is 26.9 Å². The Balaban J connectivity index is 2.38. The van der Waals surface area contributed by atoms with Gasteiger partial charge < -0.3 is 43.0 Å². The smallest absolute Gasteiger partial charge is 0.308 e. The summed E-state index contributed by atoms with van der Waals surface area (Å²) in [5.41, 5.74) is 0. The van der Waals surface area contributed by atoms with Crippen LogP contribution in [0.2, 0.25) is 0 Å². The first-order valence-electron chi connectivity index (χ1n) is 17.3. The van der Waals surface area contributed by atoms with Gasteiger partial charge in [0.15, 0.2) is 37.0 Å². The van der Waals surface area contributed by atoms with Crippen molar-refractivity contribution in [3.8, 4) is 0 Å². The Morgan fingerprint density at radius 2 is 1.19 bits per heavy atom. The van der Waals surface area contributed by atoms with Crippen LogP contribution in [-0.4, -0.2) is 97.0 Å². The molecular formula is C34H58O13. The number of esters is 4. The van der Waals surface area contributed by atoms with E-state index in [2.05, 4.69) is 6.92 Å². The highest BCUT2D eigenvalue weighted by molar-refractivity contribution is 5.72. The molecule has 0 bridgehead atoms. The van der Waals surface area contributed by atoms with Crippen LogP contribution < -0.4 is 0 Å². The fourth-order valence-electron chi connectivity index (χ4n) is 5.57. The van der Waals surface area contributed by atoms with Gasteiger partial charge in [-0.1, -0.05) is 72.6 Å². The lowest BCUT2D eigenvalue weighted by Crippen LogP contribution is -2.65. The minimum atomic E-state index is -1.44. The van der Waals surface area contributed by atoms with Crippen LogP contribution >= 0.6 is 0 Å². The molecule has 2 aliphatic heterocycles. The summed E-state index contributed by atoms with van der Waals surface area (Å²) in [5, 5.41) is 11.6. The van der Waals surface area contributed by atoms with Gasteiger partial charge in [0.2, 0.25) is 0 Å². The van der Waals surface area contributed by atoms with E-state index in [1.54, 1.807) is 27.7 Å². The van der Waals surface area contributed by atoms with E-state index in [1.807, 2.05) is 6.92 Å². The average Bonchev–Trinajstić information content (AvgIpc) is 2.99. The van der Waals surface area contributed by atoms with Crippen LogP contribution in [0.15, 0.2) is 0 Å². The highest BCUT2D eigenvalue weighted by atomic mass is 16.8. The summed E-state index contributed by atoms with van der Waals surface area (Å²) < 4.78 is 47.0. The summed E-state index contributed by atoms with van der Waals surface area (Å²) in [7, 11) is 0. The van der Waals surface area contributed by atoms with E-state index in [9.17, 15) is 24.3 Å². The van der Waals surface area contributed by atoms with Gasteiger partial charge in [-0.25, -0.2) is 0 Å². The lowest BCUT2D eigenvalue weighted by molar-refractivity contribution is -0.356. The molecule has 0 amide bonds. The Morgan fingerprint density at radius 1 is 0.660 bits per heavy atom. The topological polar surface area (TPSA) is 162 Å². The van der Waals surface area contributed by atoms with Gasteiger partial charge in [-0.05, 0) is 26.7 Å². The summed E-state index contributed by atoms with van der Waals surface area (Å²) >= 11 is 0. The summed E-state index contributed by atoms with van der Waals surface area (Å²) in [6, 6.07) is 0. The van der Waals surface area contributed by atoms with Crippen molar-refractivity contribution in [2.24, 2.45) is 5.92 Å². The summed E-state index contributed by atoms with van der Waals surface area (Å²) in [5.74, 6) is -3.07. The van der Waals surface area contributed by atoms with E-state index in [0.717, 1.165) is 51.9 Å². The zero-order valence-corrected chi connectivity index (χ0v) is 29.5. The van der Waals surface area contributed by atoms with E-state index < -0.39 is 91.2 Å². The Labute approximate surface area is 279 Å². The van der Waals surface area contributed by atoms with Crippen LogP contribution in [0, 0.1) is 5.92 Å². The molecule has 2 rings (SSSR count). The van der Waals surface area contributed by atoms with Crippen molar-refractivity contribution in [2.45, 2.75) is 181 Å². The second-order valence-electron chi connectivity index (χ2n) is 12.8. The van der Waals surface area contributed by atoms with Crippen LogP contribution in [0.1, 0.15) is 120 Å². The molecule has 0 saturated carbocycles. The normalized spacial score (nSPS) is 30.9. The number of aliphatic hydroxyl groups is 1. The minimum Gasteiger partial charge on any atom is -0.457 e. The first-order chi connectivity index (χ1) is 22.3. The molecule has 47 heavy (non-hydrogen) atoms. The van der Waals surface area contributed by atoms with Crippen molar-refractivity contribution in [3.63, 3.8) is 0 Å². The monoisotopic (exact) mass is 674 g/mol. The molecule has 2 saturated heterocycles. The van der Waals surface area contributed by atoms with Gasteiger partial charge in [-0.15, -0.1) is 0 Å². The SMILES string of the molecule is CCCCCCCCO[C@@H]1O[C@@H](C)[C@H](OC(=O)CCCCC)[C@@H](O[C@@H]2O[C@@H](C)[C@H](OC(C)=O)[C@@H](OC(=O)C(C)C)[C@H]2OC(C)=O)[C@H]1O. The van der Waals surface area contributed by atoms with Gasteiger partial charge in [0.05, 0.1) is 18.1 Å². The molecule has 0 aromatic rings. The molecule has 0 aliphatic carbocycles. The van der Waals surface area contributed by atoms with Crippen molar-refractivity contribution in [1.82, 2.24) is 0 Å². The van der Waals surface area contributed by atoms with Crippen molar-refractivity contribution >= 4 is 23.9 Å². The molecule has 0 radical (unpaired) electrons. The maximum atomic E-state index is 12.9. The molecule has 13 heteroatoms. The quantitative estimate of drug-likeness (QED) is 0.116. The summed E-state index contributed by atoms with van der Waals surface area (Å²) in [6.07, 6.45) is -3.01. The minimum absolute atomic E-state index is 0.169. The third-order valence-corrected chi connectivity index (χ3v) is 8.13. The van der Waals surface area contributed by atoms with Crippen LogP contribution in [-0.2, 0) is 57.1 Å². The van der Waals surface area contributed by atoms with Crippen LogP contribution in [0.4, 0.5) is 0 Å². The molecule has 2 aliphatic rings. The molecule has 1 N–H and O–H groups in total. The highest BCUT2D eigenvalue weighted by Gasteiger charge is 2.55. The number of ether oxygens (including phenoxy) is 8. The predicted octanol–water partition coefficient (Wildman–Crippen LogP) is 4.52. The van der Waals surface area contributed by atoms with Crippen molar-refractivity contribution < 1.29 is 62.2 Å². The lowest BCUT2D eigenvalue weighted by atomic mass is 9.96. The van der Waals surface area contributed by atoms with E-state index in [0.29, 0.717) is 13.0 Å². The van der Waals surface area contributed by atoms with Crippen LogP contribution in [0.3, 0.4) is 0 Å². The number of rotatable bonds is 19. The van der Waals surface area contributed by atoms with Crippen molar-refractivity contribution in [1.29, 1.82) is 0 Å². The number of carbonyl (C=O) groups excluding carboxylic acids is 4. The van der Waals surface area contributed by atoms with Gasteiger partial charge >= 0.3 is 23.9 Å². The number of hydrogen-bond donors (Lipinski definition) is 1. The van der Waals surface area contributed by atoms with E-state index >= 15 is 0 Å². The van der Waals surface area contributed by atoms with E-state index in [4.69, 9.17) is 37.9 Å². The number of carbonyl (C=O) groups is 4. The first kappa shape index (κ1) is 40.9. The molecule has 2 heterocycles. The molecule has 0 spiro atoms. The molecule has 13 nitrogen and oxygen atoms in total. The van der Waals surface area contributed by atoms with Gasteiger partial charge in [-0.2, -0.15) is 0 Å². The second kappa shape index (κ2) is 20.9. The Kier molecular flexibility index (Phi) is 18.2. The average molecular weight is 675 g/mol. The number of hydrogen-bond acceptors (Lipinski definition) is 13. The van der Waals surface area contributed by atoms with E-state index in [-0.39, 0.29) is 6.42 Å². The molecular weight excluding hydrogens is 616 g/mol. The molecule has 2 fully saturated rings. The Hall–Kier alpha value is -2.32. The standard InChI is InChI=1S/C34H58O13/c1-9-11-13-14-15-17-19-40-33-26(38)29(27(21(5)41-33)45-25(37)18-16-12-10-2)47-34-31(44-24(8)36)30(46-32(39)20(3)4)28(22(6)42-34)43-23(7)35/h20-22,26-31,33-34,38H,9-19H2,1-8H3/t21-,22-,26+,27-,28-,29-,30+,31+,33+,34-/m0/s1. The van der Waals surface area contributed by atoms with Crippen molar-refractivity contribution in [3.05, 3.63) is 0 Å². The first-order valence-corrected chi connectivity index (χ1v) is 17.3. The zero-order valence-electron chi connectivity index (χ0n) is 29.5. The number of unbranched alkanes of at least 4 members (excludes halogenated alkanes) is 7. The van der Waals surface area contributed by atoms with Crippen LogP contribution in [0.5, 0.6) is 0 Å². The van der Waals surface area contributed by atoms with Crippen molar-refractivity contribution in [2.75, 3.05) is 6.61 Å². The lowest BCUT2D eigenvalue weighted by Gasteiger charge is -2.47. The molecule has 0 aromatic heterocycles. The fraction of sp³-hybridized carbons (Fsp3) is 0.882. The second-order valence-corrected chi connectivity index (χ2v) is 12.8. The maximum Gasteiger partial charge on any atom is 0.308 e. The molecule has 0 aromatic carbocycles. The predicted molar refractivity (Wildman–Crippen MR) is 169 cm³/mol. The maximum absolute atomic E-state index is 12.9. The third kappa shape index (κ3) is 13.2. The molecule has 272 valence electrons. The summed E-state index contributed by atoms with van der Waals surface area (Å²) in [4.78, 5) is 50.0. The van der Waals surface area contributed by atoms with E-state index in [1.165, 1.54) is 13.3 Å². The van der Waals surface area contributed by atoms with Gasteiger partial charge in [-0.3, -0.25) is 19.2 Å². The Morgan fingerprint density at radius 3 is 1.79 bits per heavy atom. The number of aliphatic hydroxyl groups excluding tert-OH is 1. The van der Waals surface area contributed by atoms with Gasteiger partial charge in [0.1, 0.15) is 12.2 Å². The van der Waals surface area contributed by atoms with Crippen LogP contribution in [0.25, 0.3) is 0 Å². The zero-order chi connectivity index (χ0) is 35.1. The summed E-state index contributed by atoms with van der Waals surface area (Å²) in [6.45, 7) is 13.4. The Bertz CT molecular complexity index is 972. The molecule has 10 atom stereocenters. The third-order valence-electron chi connectivity index (χ3n) is 8.13. The largest absolute Gasteiger partial charge is 0.457 e. The van der Waals surface area contributed by atoms with Gasteiger partial charge in [0.25, 0.3) is 0 Å².